The van der Waals surface area contributed by atoms with E-state index in [9.17, 15) is 18.0 Å². The summed E-state index contributed by atoms with van der Waals surface area (Å²) in [5.74, 6) is -0.123. The van der Waals surface area contributed by atoms with E-state index in [4.69, 9.17) is 4.74 Å². The standard InChI is InChI=1S/C27H30N8O5S3/c1-17-4-5-18(2)22(14-17)35-23(31-33-27(35)41-16-24(36)29-26-32-30-19(3)42-26)15-28-25(37)20-6-8-21(9-7-20)43(38,39)34-10-12-40-13-11-34/h4-9,14H,10-13,15-16H2,1-3H3,(H,28,37)(H,29,32,36). The molecule has 0 unspecified atom stereocenters. The molecule has 0 radical (unpaired) electrons. The molecule has 226 valence electrons. The Hall–Kier alpha value is -3.70. The van der Waals surface area contributed by atoms with Crippen molar-refractivity contribution in [3.05, 3.63) is 70.0 Å². The van der Waals surface area contributed by atoms with Crippen molar-refractivity contribution >= 4 is 50.1 Å². The molecule has 5 rings (SSSR count). The minimum Gasteiger partial charge on any atom is -0.379 e. The minimum absolute atomic E-state index is 0.0455. The molecule has 16 heteroatoms. The van der Waals surface area contributed by atoms with Crippen molar-refractivity contribution in [3.63, 3.8) is 0 Å². The highest BCUT2D eigenvalue weighted by molar-refractivity contribution is 7.99. The van der Waals surface area contributed by atoms with Gasteiger partial charge in [0, 0.05) is 18.7 Å². The molecule has 0 aliphatic carbocycles. The van der Waals surface area contributed by atoms with Gasteiger partial charge in [-0.15, -0.1) is 20.4 Å². The first-order valence-corrected chi connectivity index (χ1v) is 16.6. The van der Waals surface area contributed by atoms with Gasteiger partial charge in [-0.1, -0.05) is 35.2 Å². The third-order valence-electron chi connectivity index (χ3n) is 6.54. The maximum atomic E-state index is 13.0. The van der Waals surface area contributed by atoms with Crippen molar-refractivity contribution < 1.29 is 22.7 Å². The molecule has 3 heterocycles. The molecule has 0 spiro atoms. The minimum atomic E-state index is -3.67. The first-order chi connectivity index (χ1) is 20.6. The van der Waals surface area contributed by atoms with Gasteiger partial charge in [0.05, 0.1) is 36.1 Å². The summed E-state index contributed by atoms with van der Waals surface area (Å²) >= 11 is 2.50. The van der Waals surface area contributed by atoms with E-state index in [2.05, 4.69) is 31.0 Å². The van der Waals surface area contributed by atoms with E-state index in [1.165, 1.54) is 51.7 Å². The Balaban J connectivity index is 1.30. The molecule has 13 nitrogen and oxygen atoms in total. The highest BCUT2D eigenvalue weighted by Gasteiger charge is 2.26. The van der Waals surface area contributed by atoms with Crippen molar-refractivity contribution in [1.82, 2.24) is 34.6 Å². The number of nitrogens with one attached hydrogen (secondary N) is 2. The molecule has 2 N–H and O–H groups in total. The summed E-state index contributed by atoms with van der Waals surface area (Å²) in [6, 6.07) is 11.8. The average Bonchev–Trinajstić information content (AvgIpc) is 3.61. The molecule has 43 heavy (non-hydrogen) atoms. The number of rotatable bonds is 10. The Morgan fingerprint density at radius 3 is 2.44 bits per heavy atom. The molecular formula is C27H30N8O5S3. The number of ether oxygens (including phenoxy) is 1. The maximum absolute atomic E-state index is 13.0. The zero-order valence-corrected chi connectivity index (χ0v) is 26.2. The fourth-order valence-corrected chi connectivity index (χ4v) is 7.10. The van der Waals surface area contributed by atoms with Crippen molar-refractivity contribution in [2.75, 3.05) is 37.4 Å². The molecule has 0 bridgehead atoms. The zero-order chi connectivity index (χ0) is 30.6. The number of thioether (sulfide) groups is 1. The summed E-state index contributed by atoms with van der Waals surface area (Å²) in [5.41, 5.74) is 3.12. The normalized spacial score (nSPS) is 14.0. The second-order valence-electron chi connectivity index (χ2n) is 9.71. The lowest BCUT2D eigenvalue weighted by Crippen LogP contribution is -2.40. The van der Waals surface area contributed by atoms with Crippen molar-refractivity contribution in [3.8, 4) is 5.69 Å². The van der Waals surface area contributed by atoms with Crippen LogP contribution in [0, 0.1) is 20.8 Å². The molecule has 0 saturated carbocycles. The first kappa shape index (κ1) is 30.7. The summed E-state index contributed by atoms with van der Waals surface area (Å²) in [7, 11) is -3.67. The van der Waals surface area contributed by atoms with Crippen LogP contribution in [0.3, 0.4) is 0 Å². The Bertz CT molecular complexity index is 1730. The van der Waals surface area contributed by atoms with Gasteiger partial charge in [0.1, 0.15) is 5.01 Å². The summed E-state index contributed by atoms with van der Waals surface area (Å²) in [6.45, 7) is 7.07. The lowest BCUT2D eigenvalue weighted by molar-refractivity contribution is -0.113. The van der Waals surface area contributed by atoms with Gasteiger partial charge in [0.2, 0.25) is 21.1 Å². The highest BCUT2D eigenvalue weighted by Crippen LogP contribution is 2.26. The SMILES string of the molecule is Cc1ccc(C)c(-n2c(CNC(=O)c3ccc(S(=O)(=O)N4CCOCC4)cc3)nnc2SCC(=O)Nc2nnc(C)s2)c1. The van der Waals surface area contributed by atoms with Crippen LogP contribution in [0.1, 0.15) is 32.3 Å². The van der Waals surface area contributed by atoms with Crippen LogP contribution in [-0.2, 0) is 26.1 Å². The Morgan fingerprint density at radius 1 is 1.00 bits per heavy atom. The van der Waals surface area contributed by atoms with Gasteiger partial charge in [-0.25, -0.2) is 8.42 Å². The number of carbonyl (C=O) groups is 2. The van der Waals surface area contributed by atoms with Gasteiger partial charge in [-0.3, -0.25) is 19.5 Å². The summed E-state index contributed by atoms with van der Waals surface area (Å²) in [5, 5.41) is 23.7. The van der Waals surface area contributed by atoms with Crippen molar-refractivity contribution in [2.24, 2.45) is 0 Å². The number of carbonyl (C=O) groups excluding carboxylic acids is 2. The predicted octanol–water partition coefficient (Wildman–Crippen LogP) is 2.73. The van der Waals surface area contributed by atoms with Crippen LogP contribution in [0.15, 0.2) is 52.5 Å². The largest absolute Gasteiger partial charge is 0.379 e. The maximum Gasteiger partial charge on any atom is 0.251 e. The molecule has 1 saturated heterocycles. The fourth-order valence-electron chi connectivity index (χ4n) is 4.32. The molecule has 1 aliphatic rings. The van der Waals surface area contributed by atoms with Crippen LogP contribution < -0.4 is 10.6 Å². The van der Waals surface area contributed by atoms with Crippen LogP contribution >= 0.6 is 23.1 Å². The van der Waals surface area contributed by atoms with Gasteiger partial charge in [0.15, 0.2) is 11.0 Å². The number of anilines is 1. The summed E-state index contributed by atoms with van der Waals surface area (Å²) in [4.78, 5) is 25.7. The van der Waals surface area contributed by atoms with E-state index in [1.54, 1.807) is 6.92 Å². The molecule has 2 aromatic carbocycles. The third kappa shape index (κ3) is 7.27. The predicted molar refractivity (Wildman–Crippen MR) is 162 cm³/mol. The van der Waals surface area contributed by atoms with E-state index in [0.29, 0.717) is 48.0 Å². The monoisotopic (exact) mass is 642 g/mol. The number of aromatic nitrogens is 5. The molecule has 0 atom stereocenters. The molecule has 2 aromatic heterocycles. The Kier molecular flexibility index (Phi) is 9.51. The van der Waals surface area contributed by atoms with Crippen LogP contribution in [0.4, 0.5) is 5.13 Å². The number of amides is 2. The number of morpholine rings is 1. The van der Waals surface area contributed by atoms with Crippen molar-refractivity contribution in [1.29, 1.82) is 0 Å². The van der Waals surface area contributed by atoms with Crippen LogP contribution in [0.5, 0.6) is 0 Å². The molecule has 1 aliphatic heterocycles. The lowest BCUT2D eigenvalue weighted by Gasteiger charge is -2.26. The number of hydrogen-bond acceptors (Lipinski definition) is 11. The van der Waals surface area contributed by atoms with Crippen molar-refractivity contribution in [2.45, 2.75) is 37.4 Å². The number of aryl methyl sites for hydroxylation is 3. The third-order valence-corrected chi connectivity index (χ3v) is 10.1. The second kappa shape index (κ2) is 13.3. The van der Waals surface area contributed by atoms with Gasteiger partial charge in [-0.2, -0.15) is 4.31 Å². The van der Waals surface area contributed by atoms with E-state index in [-0.39, 0.29) is 23.1 Å². The number of benzene rings is 2. The first-order valence-electron chi connectivity index (χ1n) is 13.3. The summed E-state index contributed by atoms with van der Waals surface area (Å²) in [6.07, 6.45) is 0. The van der Waals surface area contributed by atoms with Gasteiger partial charge in [0.25, 0.3) is 5.91 Å². The molecule has 4 aromatic rings. The highest BCUT2D eigenvalue weighted by atomic mass is 32.2. The molecule has 1 fully saturated rings. The van der Waals surface area contributed by atoms with Gasteiger partial charge < -0.3 is 10.1 Å². The zero-order valence-electron chi connectivity index (χ0n) is 23.7. The topological polar surface area (TPSA) is 161 Å². The number of nitrogens with zero attached hydrogens (tertiary/aromatic N) is 6. The van der Waals surface area contributed by atoms with E-state index in [1.807, 2.05) is 36.6 Å². The van der Waals surface area contributed by atoms with Gasteiger partial charge >= 0.3 is 0 Å². The Morgan fingerprint density at radius 2 is 1.74 bits per heavy atom. The fraction of sp³-hybridized carbons (Fsp3) is 0.333. The lowest BCUT2D eigenvalue weighted by atomic mass is 10.1. The second-order valence-corrected chi connectivity index (χ2v) is 13.8. The van der Waals surface area contributed by atoms with Crippen LogP contribution in [-0.4, -0.2) is 81.6 Å². The Labute approximate surface area is 257 Å². The van der Waals surface area contributed by atoms with Gasteiger partial charge in [-0.05, 0) is 62.2 Å². The summed E-state index contributed by atoms with van der Waals surface area (Å²) < 4.78 is 34.3. The number of sulfonamides is 1. The van der Waals surface area contributed by atoms with Crippen LogP contribution in [0.2, 0.25) is 0 Å². The quantitative estimate of drug-likeness (QED) is 0.246. The number of hydrogen-bond donors (Lipinski definition) is 2. The molecular weight excluding hydrogens is 613 g/mol. The average molecular weight is 643 g/mol. The van der Waals surface area contributed by atoms with E-state index >= 15 is 0 Å². The van der Waals surface area contributed by atoms with E-state index in [0.717, 1.165) is 21.8 Å². The van der Waals surface area contributed by atoms with E-state index < -0.39 is 15.9 Å². The molecule has 2 amide bonds. The van der Waals surface area contributed by atoms with Crippen LogP contribution in [0.25, 0.3) is 5.69 Å². The smallest absolute Gasteiger partial charge is 0.251 e.